The lowest BCUT2D eigenvalue weighted by atomic mass is 9.79. The molecular formula is C23H24N3O9S-. The Bertz CT molecular complexity index is 1180. The topological polar surface area (TPSA) is 188 Å². The summed E-state index contributed by atoms with van der Waals surface area (Å²) in [4.78, 5) is 62.8. The van der Waals surface area contributed by atoms with Gasteiger partial charge in [-0.05, 0) is 31.5 Å². The summed E-state index contributed by atoms with van der Waals surface area (Å²) in [5.41, 5.74) is -0.0538. The molecule has 0 radical (unpaired) electrons. The molecule has 3 amide bonds. The first-order chi connectivity index (χ1) is 16.9. The summed E-state index contributed by atoms with van der Waals surface area (Å²) < 4.78 is 0. The zero-order valence-corrected chi connectivity index (χ0v) is 20.1. The summed E-state index contributed by atoms with van der Waals surface area (Å²) in [6, 6.07) is 3.85. The fourth-order valence-corrected chi connectivity index (χ4v) is 6.67. The van der Waals surface area contributed by atoms with Crippen molar-refractivity contribution < 1.29 is 44.4 Å². The fraction of sp³-hybridized carbons (Fsp3) is 0.435. The lowest BCUT2D eigenvalue weighted by Crippen LogP contribution is -2.63. The van der Waals surface area contributed by atoms with Crippen molar-refractivity contribution in [2.24, 2.45) is 11.8 Å². The molecule has 0 aromatic heterocycles. The highest BCUT2D eigenvalue weighted by atomic mass is 32.2. The van der Waals surface area contributed by atoms with Gasteiger partial charge in [0.25, 0.3) is 0 Å². The van der Waals surface area contributed by atoms with Gasteiger partial charge in [0.05, 0.1) is 23.6 Å². The molecule has 2 saturated heterocycles. The number of hydrogen-bond donors (Lipinski definition) is 4. The van der Waals surface area contributed by atoms with Gasteiger partial charge in [-0.1, -0.05) is 13.0 Å². The van der Waals surface area contributed by atoms with Gasteiger partial charge in [-0.2, -0.15) is 0 Å². The minimum atomic E-state index is -1.57. The van der Waals surface area contributed by atoms with Crippen molar-refractivity contribution in [3.05, 3.63) is 40.4 Å². The number of fused-ring (bicyclic) bond motifs is 1. The number of β-lactam (4-membered cyclic amide) rings is 1. The van der Waals surface area contributed by atoms with Crippen molar-refractivity contribution in [3.63, 3.8) is 0 Å². The molecule has 1 aromatic carbocycles. The molecule has 36 heavy (non-hydrogen) atoms. The van der Waals surface area contributed by atoms with Crippen LogP contribution in [0.2, 0.25) is 0 Å². The molecule has 6 unspecified atom stereocenters. The Morgan fingerprint density at radius 1 is 1.19 bits per heavy atom. The maximum absolute atomic E-state index is 12.9. The smallest absolute Gasteiger partial charge is 0.353 e. The number of carbonyl (C=O) groups is 5. The number of aliphatic carboxylic acids is 1. The summed E-state index contributed by atoms with van der Waals surface area (Å²) in [5.74, 6) is -4.76. The molecule has 0 bridgehead atoms. The van der Waals surface area contributed by atoms with Crippen molar-refractivity contribution in [2.75, 3.05) is 11.9 Å². The van der Waals surface area contributed by atoms with Crippen molar-refractivity contribution in [1.82, 2.24) is 9.80 Å². The lowest BCUT2D eigenvalue weighted by molar-refractivity contribution is -0.266. The third-order valence-corrected chi connectivity index (χ3v) is 8.28. The first kappa shape index (κ1) is 25.5. The minimum absolute atomic E-state index is 0.0463. The van der Waals surface area contributed by atoms with Gasteiger partial charge in [-0.3, -0.25) is 9.59 Å². The van der Waals surface area contributed by atoms with E-state index in [0.717, 1.165) is 16.7 Å². The highest BCUT2D eigenvalue weighted by Crippen LogP contribution is 2.52. The second kappa shape index (κ2) is 9.47. The lowest BCUT2D eigenvalue weighted by Gasteiger charge is -2.46. The molecular weight excluding hydrogens is 494 g/mol. The van der Waals surface area contributed by atoms with Gasteiger partial charge in [-0.15, -0.1) is 11.8 Å². The van der Waals surface area contributed by atoms with E-state index in [1.807, 2.05) is 0 Å². The first-order valence-electron chi connectivity index (χ1n) is 11.2. The molecule has 13 heteroatoms. The van der Waals surface area contributed by atoms with Crippen LogP contribution in [0.4, 0.5) is 10.5 Å². The number of aliphatic hydroxyl groups is 1. The molecule has 6 atom stereocenters. The number of carboxylic acid groups (broad SMARTS) is 3. The van der Waals surface area contributed by atoms with Crippen molar-refractivity contribution in [1.29, 1.82) is 0 Å². The number of aliphatic hydroxyl groups excluding tert-OH is 1. The zero-order chi connectivity index (χ0) is 26.5. The van der Waals surface area contributed by atoms with Crippen LogP contribution in [0.1, 0.15) is 30.6 Å². The van der Waals surface area contributed by atoms with E-state index in [0.29, 0.717) is 4.91 Å². The second-order valence-electron chi connectivity index (χ2n) is 9.06. The molecule has 3 heterocycles. The normalized spacial score (nSPS) is 28.0. The molecule has 0 spiro atoms. The van der Waals surface area contributed by atoms with Crippen LogP contribution in [-0.2, 0) is 14.4 Å². The number of amides is 3. The Morgan fingerprint density at radius 2 is 1.89 bits per heavy atom. The number of aromatic carboxylic acids is 1. The molecule has 1 aromatic rings. The van der Waals surface area contributed by atoms with Crippen LogP contribution in [-0.4, -0.2) is 84.9 Å². The molecule has 12 nitrogen and oxygen atoms in total. The summed E-state index contributed by atoms with van der Waals surface area (Å²) in [6.45, 7) is 3.12. The Hall–Kier alpha value is -3.58. The highest BCUT2D eigenvalue weighted by Gasteiger charge is 2.60. The first-order valence-corrected chi connectivity index (χ1v) is 12.1. The SMILES string of the molecule is CC(O)C1C(=O)N2C(C(=O)O)=C(SC3CC(C(=O)Nc4cccc(C(=O)O)c4)N(C(=O)[O-])C3)C(C)C12. The monoisotopic (exact) mass is 518 g/mol. The summed E-state index contributed by atoms with van der Waals surface area (Å²) in [7, 11) is 0. The van der Waals surface area contributed by atoms with E-state index in [2.05, 4.69) is 5.32 Å². The van der Waals surface area contributed by atoms with E-state index in [4.69, 9.17) is 5.11 Å². The average molecular weight is 519 g/mol. The standard InChI is InChI=1S/C23H25N3O9S/c1-9-16-15(10(2)27)20(29)26(16)17(22(32)33)18(9)36-13-7-14(25(8-13)23(34)35)19(28)24-12-5-3-4-11(6-12)21(30)31/h3-6,9-10,13-16,27H,7-8H2,1-2H3,(H,24,28)(H,30,31)(H,32,33)(H,34,35)/p-1. The van der Waals surface area contributed by atoms with Gasteiger partial charge >= 0.3 is 11.9 Å². The maximum Gasteiger partial charge on any atom is 0.353 e. The van der Waals surface area contributed by atoms with E-state index >= 15 is 0 Å². The number of nitrogens with one attached hydrogen (secondary N) is 1. The maximum atomic E-state index is 12.9. The minimum Gasteiger partial charge on any atom is -0.530 e. The van der Waals surface area contributed by atoms with Crippen LogP contribution < -0.4 is 10.4 Å². The quantitative estimate of drug-likeness (QED) is 0.358. The molecule has 0 saturated carbocycles. The van der Waals surface area contributed by atoms with Crippen LogP contribution in [0.25, 0.3) is 0 Å². The Kier molecular flexibility index (Phi) is 6.71. The summed E-state index contributed by atoms with van der Waals surface area (Å²) >= 11 is 1.11. The largest absolute Gasteiger partial charge is 0.530 e. The summed E-state index contributed by atoms with van der Waals surface area (Å²) in [5, 5.41) is 42.7. The molecule has 3 aliphatic heterocycles. The van der Waals surface area contributed by atoms with E-state index in [9.17, 15) is 39.3 Å². The third kappa shape index (κ3) is 4.28. The summed E-state index contributed by atoms with van der Waals surface area (Å²) in [6.07, 6.45) is -2.48. The van der Waals surface area contributed by atoms with Crippen LogP contribution in [0, 0.1) is 11.8 Å². The Labute approximate surface area is 209 Å². The molecule has 3 aliphatic rings. The van der Waals surface area contributed by atoms with Crippen LogP contribution in [0.3, 0.4) is 0 Å². The van der Waals surface area contributed by atoms with Crippen molar-refractivity contribution >= 4 is 47.3 Å². The van der Waals surface area contributed by atoms with Gasteiger partial charge in [0.2, 0.25) is 11.8 Å². The van der Waals surface area contributed by atoms with Gasteiger partial charge < -0.3 is 40.3 Å². The van der Waals surface area contributed by atoms with Crippen molar-refractivity contribution in [2.45, 2.75) is 43.7 Å². The predicted molar refractivity (Wildman–Crippen MR) is 124 cm³/mol. The number of thioether (sulfide) groups is 1. The number of rotatable bonds is 7. The molecule has 0 aliphatic carbocycles. The number of carboxylic acids is 2. The van der Waals surface area contributed by atoms with Crippen LogP contribution in [0.15, 0.2) is 34.9 Å². The van der Waals surface area contributed by atoms with Crippen LogP contribution in [0.5, 0.6) is 0 Å². The van der Waals surface area contributed by atoms with E-state index in [1.54, 1.807) is 6.92 Å². The molecule has 4 N–H and O–H groups in total. The highest BCUT2D eigenvalue weighted by molar-refractivity contribution is 8.03. The number of benzene rings is 1. The zero-order valence-electron chi connectivity index (χ0n) is 19.3. The van der Waals surface area contributed by atoms with Gasteiger partial charge in [-0.25, -0.2) is 9.59 Å². The van der Waals surface area contributed by atoms with Crippen LogP contribution >= 0.6 is 11.8 Å². The molecule has 192 valence electrons. The number of anilines is 1. The number of hydrogen-bond acceptors (Lipinski definition) is 8. The average Bonchev–Trinajstić information content (AvgIpc) is 3.32. The van der Waals surface area contributed by atoms with E-state index in [-0.39, 0.29) is 29.9 Å². The second-order valence-corrected chi connectivity index (χ2v) is 10.4. The van der Waals surface area contributed by atoms with E-state index < -0.39 is 65.1 Å². The van der Waals surface area contributed by atoms with E-state index in [1.165, 1.54) is 36.1 Å². The fourth-order valence-electron chi connectivity index (χ4n) is 5.15. The predicted octanol–water partition coefficient (Wildman–Crippen LogP) is -0.00360. The van der Waals surface area contributed by atoms with Crippen molar-refractivity contribution in [3.8, 4) is 0 Å². The molecule has 2 fully saturated rings. The number of nitrogens with zero attached hydrogens (tertiary/aromatic N) is 2. The Morgan fingerprint density at radius 3 is 2.47 bits per heavy atom. The van der Waals surface area contributed by atoms with Gasteiger partial charge in [0.1, 0.15) is 17.8 Å². The number of carbonyl (C=O) groups excluding carboxylic acids is 3. The Balaban J connectivity index is 1.53. The van der Waals surface area contributed by atoms with Gasteiger partial charge in [0, 0.05) is 28.3 Å². The third-order valence-electron chi connectivity index (χ3n) is 6.78. The number of likely N-dealkylation sites (tertiary alicyclic amines) is 1. The van der Waals surface area contributed by atoms with Gasteiger partial charge in [0.15, 0.2) is 0 Å². The molecule has 4 rings (SSSR count).